The Labute approximate surface area is 100 Å². The number of H-pyrrole nitrogens is 1. The first-order valence-corrected chi connectivity index (χ1v) is 5.68. The first kappa shape index (κ1) is 9.97. The maximum absolute atomic E-state index is 5.78. The maximum Gasteiger partial charge on any atom is 0.0479 e. The summed E-state index contributed by atoms with van der Waals surface area (Å²) in [4.78, 5) is 3.41. The molecule has 0 fully saturated rings. The van der Waals surface area contributed by atoms with Crippen molar-refractivity contribution in [1.29, 1.82) is 0 Å². The van der Waals surface area contributed by atoms with E-state index in [4.69, 9.17) is 5.73 Å². The molecule has 0 saturated carbocycles. The third-order valence-electron chi connectivity index (χ3n) is 3.08. The molecule has 84 valence electrons. The number of hydrogen-bond donors (Lipinski definition) is 2. The number of hydrogen-bond acceptors (Lipinski definition) is 1. The molecule has 3 aromatic rings. The van der Waals surface area contributed by atoms with Crippen molar-refractivity contribution in [2.24, 2.45) is 0 Å². The summed E-state index contributed by atoms with van der Waals surface area (Å²) < 4.78 is 0. The van der Waals surface area contributed by atoms with E-state index in [2.05, 4.69) is 42.2 Å². The average Bonchev–Trinajstić information content (AvgIpc) is 2.72. The van der Waals surface area contributed by atoms with Gasteiger partial charge in [-0.1, -0.05) is 30.3 Å². The molecule has 0 aliphatic rings. The number of nitrogens with two attached hydrogens (primary N) is 1. The molecule has 0 aliphatic carbocycles. The fraction of sp³-hybridized carbons (Fsp3) is 0.0667. The fourth-order valence-corrected chi connectivity index (χ4v) is 2.16. The number of fused-ring (bicyclic) bond motifs is 1. The van der Waals surface area contributed by atoms with Gasteiger partial charge in [0.1, 0.15) is 0 Å². The second-order valence-corrected chi connectivity index (χ2v) is 4.34. The highest BCUT2D eigenvalue weighted by molar-refractivity contribution is 5.88. The lowest BCUT2D eigenvalue weighted by Crippen LogP contribution is -1.83. The minimum absolute atomic E-state index is 0.788. The summed E-state index contributed by atoms with van der Waals surface area (Å²) in [6.45, 7) is 2.12. The van der Waals surface area contributed by atoms with Gasteiger partial charge < -0.3 is 10.7 Å². The average molecular weight is 222 g/mol. The van der Waals surface area contributed by atoms with Gasteiger partial charge in [0.2, 0.25) is 0 Å². The molecule has 0 atom stereocenters. The highest BCUT2D eigenvalue weighted by Gasteiger charge is 2.05. The number of nitrogen functional groups attached to an aromatic ring is 1. The van der Waals surface area contributed by atoms with E-state index in [1.54, 1.807) is 0 Å². The van der Waals surface area contributed by atoms with Crippen LogP contribution in [0.1, 0.15) is 5.56 Å². The predicted molar refractivity (Wildman–Crippen MR) is 72.9 cm³/mol. The number of aryl methyl sites for hydroxylation is 1. The first-order chi connectivity index (χ1) is 8.24. The van der Waals surface area contributed by atoms with Crippen LogP contribution in [0.3, 0.4) is 0 Å². The summed E-state index contributed by atoms with van der Waals surface area (Å²) in [6, 6.07) is 16.5. The van der Waals surface area contributed by atoms with E-state index in [9.17, 15) is 0 Å². The lowest BCUT2D eigenvalue weighted by atomic mass is 10.1. The Kier molecular flexibility index (Phi) is 2.15. The quantitative estimate of drug-likeness (QED) is 0.605. The molecule has 1 aromatic heterocycles. The molecule has 17 heavy (non-hydrogen) atoms. The molecule has 3 N–H and O–H groups in total. The van der Waals surface area contributed by atoms with Crippen LogP contribution in [-0.4, -0.2) is 4.98 Å². The number of rotatable bonds is 1. The molecule has 2 nitrogen and oxygen atoms in total. The smallest absolute Gasteiger partial charge is 0.0479 e. The molecule has 0 unspecified atom stereocenters. The summed E-state index contributed by atoms with van der Waals surface area (Å²) in [5, 5.41) is 1.19. The topological polar surface area (TPSA) is 41.8 Å². The third kappa shape index (κ3) is 1.68. The van der Waals surface area contributed by atoms with Crippen molar-refractivity contribution in [2.75, 3.05) is 5.73 Å². The van der Waals surface area contributed by atoms with Gasteiger partial charge in [0.05, 0.1) is 0 Å². The molecular formula is C15H14N2. The highest BCUT2D eigenvalue weighted by atomic mass is 14.7. The van der Waals surface area contributed by atoms with Gasteiger partial charge in [-0.05, 0) is 30.7 Å². The maximum atomic E-state index is 5.78. The van der Waals surface area contributed by atoms with Crippen molar-refractivity contribution in [2.45, 2.75) is 6.92 Å². The van der Waals surface area contributed by atoms with E-state index in [1.807, 2.05) is 18.2 Å². The minimum atomic E-state index is 0.788. The van der Waals surface area contributed by atoms with Crippen LogP contribution in [0.25, 0.3) is 22.2 Å². The zero-order valence-corrected chi connectivity index (χ0v) is 9.70. The number of anilines is 1. The molecule has 0 aliphatic heterocycles. The first-order valence-electron chi connectivity index (χ1n) is 5.68. The van der Waals surface area contributed by atoms with E-state index < -0.39 is 0 Å². The Morgan fingerprint density at radius 1 is 1.00 bits per heavy atom. The molecule has 3 rings (SSSR count). The van der Waals surface area contributed by atoms with Crippen LogP contribution >= 0.6 is 0 Å². The Bertz CT molecular complexity index is 680. The number of aromatic nitrogens is 1. The van der Waals surface area contributed by atoms with E-state index >= 15 is 0 Å². The largest absolute Gasteiger partial charge is 0.399 e. The van der Waals surface area contributed by atoms with Crippen LogP contribution < -0.4 is 5.73 Å². The summed E-state index contributed by atoms with van der Waals surface area (Å²) in [5.41, 5.74) is 11.3. The molecule has 0 amide bonds. The second kappa shape index (κ2) is 3.67. The molecule has 0 saturated heterocycles. The standard InChI is InChI=1S/C15H14N2/c1-10-4-2-3-5-13(10)15-8-11-6-7-12(16)9-14(11)17-15/h2-9,17H,16H2,1H3. The number of nitrogens with one attached hydrogen (secondary N) is 1. The van der Waals surface area contributed by atoms with E-state index in [0.717, 1.165) is 16.9 Å². The molecular weight excluding hydrogens is 208 g/mol. The van der Waals surface area contributed by atoms with Gasteiger partial charge in [-0.3, -0.25) is 0 Å². The molecule has 0 bridgehead atoms. The van der Waals surface area contributed by atoms with Crippen molar-refractivity contribution >= 4 is 16.6 Å². The van der Waals surface area contributed by atoms with Crippen LogP contribution in [0.4, 0.5) is 5.69 Å². The number of benzene rings is 2. The molecule has 1 heterocycles. The zero-order valence-electron chi connectivity index (χ0n) is 9.70. The molecule has 0 spiro atoms. The Morgan fingerprint density at radius 3 is 2.65 bits per heavy atom. The monoisotopic (exact) mass is 222 g/mol. The summed E-state index contributed by atoms with van der Waals surface area (Å²) >= 11 is 0. The normalized spacial score (nSPS) is 10.9. The highest BCUT2D eigenvalue weighted by Crippen LogP contribution is 2.27. The van der Waals surface area contributed by atoms with Gasteiger partial charge in [0.15, 0.2) is 0 Å². The fourth-order valence-electron chi connectivity index (χ4n) is 2.16. The summed E-state index contributed by atoms with van der Waals surface area (Å²) in [5.74, 6) is 0. The SMILES string of the molecule is Cc1ccccc1-c1cc2ccc(N)cc2[nH]1. The Balaban J connectivity index is 2.22. The molecule has 0 radical (unpaired) electrons. The van der Waals surface area contributed by atoms with E-state index in [-0.39, 0.29) is 0 Å². The van der Waals surface area contributed by atoms with Gasteiger partial charge in [-0.15, -0.1) is 0 Å². The zero-order chi connectivity index (χ0) is 11.8. The van der Waals surface area contributed by atoms with Gasteiger partial charge in [0.25, 0.3) is 0 Å². The predicted octanol–water partition coefficient (Wildman–Crippen LogP) is 3.73. The Hall–Kier alpha value is -2.22. The van der Waals surface area contributed by atoms with Crippen LogP contribution in [0.15, 0.2) is 48.5 Å². The number of aromatic amines is 1. The van der Waals surface area contributed by atoms with Crippen molar-refractivity contribution in [1.82, 2.24) is 4.98 Å². The van der Waals surface area contributed by atoms with Crippen LogP contribution in [0.5, 0.6) is 0 Å². The van der Waals surface area contributed by atoms with E-state index in [0.29, 0.717) is 0 Å². The molecule has 2 heteroatoms. The van der Waals surface area contributed by atoms with Crippen molar-refractivity contribution in [3.8, 4) is 11.3 Å². The van der Waals surface area contributed by atoms with Crippen molar-refractivity contribution in [3.63, 3.8) is 0 Å². The Morgan fingerprint density at radius 2 is 1.82 bits per heavy atom. The van der Waals surface area contributed by atoms with Gasteiger partial charge >= 0.3 is 0 Å². The van der Waals surface area contributed by atoms with Gasteiger partial charge in [0, 0.05) is 27.8 Å². The van der Waals surface area contributed by atoms with Gasteiger partial charge in [-0.25, -0.2) is 0 Å². The minimum Gasteiger partial charge on any atom is -0.399 e. The van der Waals surface area contributed by atoms with E-state index in [1.165, 1.54) is 16.5 Å². The molecule has 2 aromatic carbocycles. The lowest BCUT2D eigenvalue weighted by molar-refractivity contribution is 1.40. The third-order valence-corrected chi connectivity index (χ3v) is 3.08. The van der Waals surface area contributed by atoms with Crippen LogP contribution in [0, 0.1) is 6.92 Å². The summed E-state index contributed by atoms with van der Waals surface area (Å²) in [6.07, 6.45) is 0. The lowest BCUT2D eigenvalue weighted by Gasteiger charge is -2.01. The van der Waals surface area contributed by atoms with Crippen LogP contribution in [-0.2, 0) is 0 Å². The summed E-state index contributed by atoms with van der Waals surface area (Å²) in [7, 11) is 0. The second-order valence-electron chi connectivity index (χ2n) is 4.34. The van der Waals surface area contributed by atoms with Crippen LogP contribution in [0.2, 0.25) is 0 Å². The van der Waals surface area contributed by atoms with Crippen molar-refractivity contribution < 1.29 is 0 Å². The van der Waals surface area contributed by atoms with Crippen molar-refractivity contribution in [3.05, 3.63) is 54.1 Å². The van der Waals surface area contributed by atoms with Gasteiger partial charge in [-0.2, -0.15) is 0 Å².